The third-order valence-corrected chi connectivity index (χ3v) is 6.27. The van der Waals surface area contributed by atoms with Crippen LogP contribution in [0.5, 0.6) is 0 Å². The van der Waals surface area contributed by atoms with Gasteiger partial charge in [0.25, 0.3) is 0 Å². The van der Waals surface area contributed by atoms with Crippen molar-refractivity contribution < 1.29 is 0 Å². The number of hydrogen-bond donors (Lipinski definition) is 1. The topological polar surface area (TPSA) is 37.8 Å². The second kappa shape index (κ2) is 8.41. The van der Waals surface area contributed by atoms with Crippen LogP contribution in [0.15, 0.2) is 0 Å². The van der Waals surface area contributed by atoms with Crippen LogP contribution in [0.2, 0.25) is 0 Å². The summed E-state index contributed by atoms with van der Waals surface area (Å²) in [5, 5.41) is 4.23. The van der Waals surface area contributed by atoms with Crippen molar-refractivity contribution in [3.8, 4) is 0 Å². The van der Waals surface area contributed by atoms with Crippen molar-refractivity contribution in [2.24, 2.45) is 0 Å². The Morgan fingerprint density at radius 1 is 1.25 bits per heavy atom. The molecule has 2 rings (SSSR count). The molecule has 0 saturated heterocycles. The first-order valence-corrected chi connectivity index (χ1v) is 9.72. The molecule has 0 bridgehead atoms. The lowest BCUT2D eigenvalue weighted by molar-refractivity contribution is 0.516. The summed E-state index contributed by atoms with van der Waals surface area (Å²) in [6, 6.07) is 0. The predicted octanol–water partition coefficient (Wildman–Crippen LogP) is 4.78. The summed E-state index contributed by atoms with van der Waals surface area (Å²) < 4.78 is 1.16. The molecule has 1 heterocycles. The number of rotatable bonds is 6. The monoisotopic (exact) mass is 405 g/mol. The molecule has 1 N–H and O–H groups in total. The highest BCUT2D eigenvalue weighted by Gasteiger charge is 2.15. The van der Waals surface area contributed by atoms with Gasteiger partial charge in [0.2, 0.25) is 0 Å². The normalized spacial score (nSPS) is 16.4. The van der Waals surface area contributed by atoms with Crippen molar-refractivity contribution >= 4 is 40.2 Å². The Morgan fingerprint density at radius 3 is 2.70 bits per heavy atom. The van der Waals surface area contributed by atoms with Gasteiger partial charge in [-0.2, -0.15) is 11.8 Å². The molecule has 3 nitrogen and oxygen atoms in total. The van der Waals surface area contributed by atoms with E-state index in [-0.39, 0.29) is 0 Å². The third-order valence-electron chi connectivity index (χ3n) is 3.61. The lowest BCUT2D eigenvalue weighted by atomic mass is 10.0. The van der Waals surface area contributed by atoms with Gasteiger partial charge in [-0.15, -0.1) is 0 Å². The molecular formula is C15H24IN3S. The fraction of sp³-hybridized carbons (Fsp3) is 0.733. The summed E-state index contributed by atoms with van der Waals surface area (Å²) in [6.07, 6.45) is 8.07. The molecule has 1 aromatic heterocycles. The molecule has 0 radical (unpaired) electrons. The molecule has 1 aliphatic rings. The molecule has 0 aromatic carbocycles. The summed E-state index contributed by atoms with van der Waals surface area (Å²) in [5.74, 6) is 2.94. The SMILES string of the molecule is CCCNc1nc(CSC2CCCCC2)nc(C)c1I. The smallest absolute Gasteiger partial charge is 0.143 e. The maximum absolute atomic E-state index is 4.70. The van der Waals surface area contributed by atoms with Crippen molar-refractivity contribution in [2.75, 3.05) is 11.9 Å². The van der Waals surface area contributed by atoms with Crippen LogP contribution in [0.1, 0.15) is 57.0 Å². The quantitative estimate of drug-likeness (QED) is 0.692. The van der Waals surface area contributed by atoms with E-state index < -0.39 is 0 Å². The Morgan fingerprint density at radius 2 is 2.00 bits per heavy atom. The second-order valence-corrected chi connectivity index (χ2v) is 7.75. The summed E-state index contributed by atoms with van der Waals surface area (Å²) >= 11 is 4.38. The molecule has 0 atom stereocenters. The van der Waals surface area contributed by atoms with Gasteiger partial charge in [-0.3, -0.25) is 0 Å². The van der Waals surface area contributed by atoms with Crippen molar-refractivity contribution in [3.05, 3.63) is 15.1 Å². The van der Waals surface area contributed by atoms with Gasteiger partial charge < -0.3 is 5.32 Å². The molecule has 1 saturated carbocycles. The van der Waals surface area contributed by atoms with Crippen molar-refractivity contribution in [3.63, 3.8) is 0 Å². The summed E-state index contributed by atoms with van der Waals surface area (Å²) in [4.78, 5) is 9.35. The minimum absolute atomic E-state index is 0.819. The standard InChI is InChI=1S/C15H24IN3S/c1-3-9-17-15-14(16)11(2)18-13(19-15)10-20-12-7-5-4-6-8-12/h12H,3-10H2,1-2H3,(H,17,18,19). The van der Waals surface area contributed by atoms with E-state index in [1.54, 1.807) is 0 Å². The van der Waals surface area contributed by atoms with E-state index >= 15 is 0 Å². The van der Waals surface area contributed by atoms with Crippen molar-refractivity contribution in [1.29, 1.82) is 0 Å². The van der Waals surface area contributed by atoms with Crippen molar-refractivity contribution in [2.45, 2.75) is 63.4 Å². The number of nitrogens with one attached hydrogen (secondary N) is 1. The van der Waals surface area contributed by atoms with E-state index in [1.165, 1.54) is 32.1 Å². The molecule has 1 fully saturated rings. The third kappa shape index (κ3) is 4.76. The Bertz CT molecular complexity index is 433. The Balaban J connectivity index is 1.97. The zero-order valence-electron chi connectivity index (χ0n) is 12.4. The Kier molecular flexibility index (Phi) is 6.87. The van der Waals surface area contributed by atoms with Crippen LogP contribution in [0.3, 0.4) is 0 Å². The van der Waals surface area contributed by atoms with E-state index in [2.05, 4.69) is 46.7 Å². The van der Waals surface area contributed by atoms with Crippen molar-refractivity contribution in [1.82, 2.24) is 9.97 Å². The molecule has 20 heavy (non-hydrogen) atoms. The average Bonchev–Trinajstić information content (AvgIpc) is 2.48. The molecule has 112 valence electrons. The maximum atomic E-state index is 4.70. The number of halogens is 1. The number of anilines is 1. The second-order valence-electron chi connectivity index (χ2n) is 5.39. The molecule has 0 spiro atoms. The fourth-order valence-corrected chi connectivity index (χ4v) is 4.08. The van der Waals surface area contributed by atoms with E-state index in [9.17, 15) is 0 Å². The van der Waals surface area contributed by atoms with E-state index in [4.69, 9.17) is 4.98 Å². The zero-order chi connectivity index (χ0) is 14.4. The Labute approximate surface area is 140 Å². The first kappa shape index (κ1) is 16.3. The minimum atomic E-state index is 0.819. The van der Waals surface area contributed by atoms with Crippen LogP contribution in [0.4, 0.5) is 5.82 Å². The zero-order valence-corrected chi connectivity index (χ0v) is 15.4. The summed E-state index contributed by atoms with van der Waals surface area (Å²) in [7, 11) is 0. The average molecular weight is 405 g/mol. The Hall–Kier alpha value is -0.0400. The van der Waals surface area contributed by atoms with Crippen LogP contribution in [-0.2, 0) is 5.75 Å². The van der Waals surface area contributed by atoms with Crippen LogP contribution in [0, 0.1) is 10.5 Å². The largest absolute Gasteiger partial charge is 0.369 e. The highest BCUT2D eigenvalue weighted by atomic mass is 127. The molecule has 0 unspecified atom stereocenters. The van der Waals surface area contributed by atoms with Crippen LogP contribution in [0.25, 0.3) is 0 Å². The van der Waals surface area contributed by atoms with Gasteiger partial charge in [0.1, 0.15) is 11.6 Å². The highest BCUT2D eigenvalue weighted by Crippen LogP contribution is 2.30. The van der Waals surface area contributed by atoms with Gasteiger partial charge in [-0.25, -0.2) is 9.97 Å². The minimum Gasteiger partial charge on any atom is -0.369 e. The number of thioether (sulfide) groups is 1. The van der Waals surface area contributed by atoms with Gasteiger partial charge in [0.05, 0.1) is 15.0 Å². The molecule has 1 aromatic rings. The van der Waals surface area contributed by atoms with Gasteiger partial charge in [-0.1, -0.05) is 26.2 Å². The molecule has 0 aliphatic heterocycles. The van der Waals surface area contributed by atoms with Gasteiger partial charge >= 0.3 is 0 Å². The summed E-state index contributed by atoms with van der Waals surface area (Å²) in [5.41, 5.74) is 1.10. The first-order chi connectivity index (χ1) is 9.70. The van der Waals surface area contributed by atoms with Gasteiger partial charge in [0.15, 0.2) is 0 Å². The van der Waals surface area contributed by atoms with Crippen LogP contribution in [-0.4, -0.2) is 21.8 Å². The predicted molar refractivity (Wildman–Crippen MR) is 96.4 cm³/mol. The lowest BCUT2D eigenvalue weighted by Crippen LogP contribution is -2.11. The van der Waals surface area contributed by atoms with Crippen LogP contribution >= 0.6 is 34.4 Å². The fourth-order valence-electron chi connectivity index (χ4n) is 2.47. The molecular weight excluding hydrogens is 381 g/mol. The van der Waals surface area contributed by atoms with E-state index in [1.807, 2.05) is 11.8 Å². The van der Waals surface area contributed by atoms with Crippen LogP contribution < -0.4 is 5.32 Å². The molecule has 1 aliphatic carbocycles. The van der Waals surface area contributed by atoms with E-state index in [0.717, 1.165) is 44.9 Å². The molecule has 0 amide bonds. The van der Waals surface area contributed by atoms with Gasteiger partial charge in [0, 0.05) is 11.8 Å². The van der Waals surface area contributed by atoms with Gasteiger partial charge in [-0.05, 0) is 48.8 Å². The number of hydrogen-bond acceptors (Lipinski definition) is 4. The number of nitrogens with zero attached hydrogens (tertiary/aromatic N) is 2. The number of aryl methyl sites for hydroxylation is 1. The summed E-state index contributed by atoms with van der Waals surface area (Å²) in [6.45, 7) is 5.23. The molecule has 5 heteroatoms. The first-order valence-electron chi connectivity index (χ1n) is 7.59. The lowest BCUT2D eigenvalue weighted by Gasteiger charge is -2.20. The highest BCUT2D eigenvalue weighted by molar-refractivity contribution is 14.1. The van der Waals surface area contributed by atoms with E-state index in [0.29, 0.717) is 0 Å². The maximum Gasteiger partial charge on any atom is 0.143 e. The number of aromatic nitrogens is 2.